The van der Waals surface area contributed by atoms with Gasteiger partial charge in [0.1, 0.15) is 0 Å². The van der Waals surface area contributed by atoms with Crippen LogP contribution in [0.5, 0.6) is 0 Å². The van der Waals surface area contributed by atoms with Gasteiger partial charge in [-0.3, -0.25) is 4.98 Å². The smallest absolute Gasteiger partial charge is 0.354 e. The third kappa shape index (κ3) is 4.07. The first-order chi connectivity index (χ1) is 13.6. The summed E-state index contributed by atoms with van der Waals surface area (Å²) < 4.78 is 16.6. The minimum Gasteiger partial charge on any atom is -0.385 e. The number of nitrogens with two attached hydrogens (primary N) is 1. The van der Waals surface area contributed by atoms with Crippen molar-refractivity contribution in [3.63, 3.8) is 0 Å². The number of fused-ring (bicyclic) bond motifs is 1. The Kier molecular flexibility index (Phi) is 5.01. The van der Waals surface area contributed by atoms with Crippen molar-refractivity contribution < 1.29 is 14.1 Å². The van der Waals surface area contributed by atoms with E-state index in [0.717, 1.165) is 71.6 Å². The predicted octanol–water partition coefficient (Wildman–Crippen LogP) is 3.37. The molecule has 4 N–H and O–H groups in total. The SMILES string of the molecule is Cc1nc2c(c(NC(=O)N=S(N)(=O)c3ncc(C(C)(C)O)s3)c1C1CC1)CCC2. The van der Waals surface area contributed by atoms with Crippen LogP contribution in [-0.4, -0.2) is 25.3 Å². The number of thiazole rings is 1. The molecule has 0 aromatic carbocycles. The Morgan fingerprint density at radius 2 is 2.14 bits per heavy atom. The second-order valence-corrected chi connectivity index (χ2v) is 11.2. The zero-order valence-electron chi connectivity index (χ0n) is 16.7. The molecule has 2 aliphatic carbocycles. The summed E-state index contributed by atoms with van der Waals surface area (Å²) in [7, 11) is -3.52. The number of amides is 2. The summed E-state index contributed by atoms with van der Waals surface area (Å²) in [6.45, 7) is 5.16. The number of rotatable bonds is 4. The summed E-state index contributed by atoms with van der Waals surface area (Å²) in [5.41, 5.74) is 3.71. The Hall–Kier alpha value is -1.88. The molecule has 156 valence electrons. The van der Waals surface area contributed by atoms with E-state index in [1.165, 1.54) is 6.20 Å². The largest absolute Gasteiger partial charge is 0.385 e. The predicted molar refractivity (Wildman–Crippen MR) is 112 cm³/mol. The number of urea groups is 1. The molecule has 1 unspecified atom stereocenters. The number of aromatic nitrogens is 2. The number of aliphatic hydroxyl groups is 1. The number of hydrogen-bond acceptors (Lipinski definition) is 6. The Bertz CT molecular complexity index is 1110. The quantitative estimate of drug-likeness (QED) is 0.678. The first-order valence-corrected chi connectivity index (χ1v) is 12.0. The van der Waals surface area contributed by atoms with Crippen molar-refractivity contribution in [2.45, 2.75) is 68.7 Å². The highest BCUT2D eigenvalue weighted by atomic mass is 32.2. The van der Waals surface area contributed by atoms with Gasteiger partial charge >= 0.3 is 6.03 Å². The van der Waals surface area contributed by atoms with Crippen molar-refractivity contribution in [3.8, 4) is 0 Å². The van der Waals surface area contributed by atoms with Crippen LogP contribution in [-0.2, 0) is 28.4 Å². The van der Waals surface area contributed by atoms with Crippen molar-refractivity contribution in [2.24, 2.45) is 9.50 Å². The van der Waals surface area contributed by atoms with Crippen LogP contribution >= 0.6 is 11.3 Å². The van der Waals surface area contributed by atoms with Gasteiger partial charge < -0.3 is 10.4 Å². The minimum absolute atomic E-state index is 0.0170. The lowest BCUT2D eigenvalue weighted by atomic mass is 10.0. The number of pyridine rings is 1. The first kappa shape index (κ1) is 20.4. The third-order valence-corrected chi connectivity index (χ3v) is 8.34. The number of anilines is 1. The molecule has 1 saturated carbocycles. The number of carbonyl (C=O) groups is 1. The average molecular weight is 436 g/mol. The maximum atomic E-state index is 12.9. The van der Waals surface area contributed by atoms with Crippen LogP contribution in [0.4, 0.5) is 10.5 Å². The lowest BCUT2D eigenvalue weighted by molar-refractivity contribution is 0.0823. The molecule has 2 aromatic heterocycles. The van der Waals surface area contributed by atoms with Gasteiger partial charge in [-0.25, -0.2) is 19.1 Å². The van der Waals surface area contributed by atoms with Crippen molar-refractivity contribution >= 4 is 33.0 Å². The van der Waals surface area contributed by atoms with Crippen LogP contribution in [0.3, 0.4) is 0 Å². The number of nitrogens with zero attached hydrogens (tertiary/aromatic N) is 3. The van der Waals surface area contributed by atoms with Crippen LogP contribution in [0.15, 0.2) is 14.9 Å². The molecule has 0 bridgehead atoms. The number of hydrogen-bond donors (Lipinski definition) is 3. The number of aryl methyl sites for hydroxylation is 2. The van der Waals surface area contributed by atoms with E-state index >= 15 is 0 Å². The minimum atomic E-state index is -3.52. The van der Waals surface area contributed by atoms with Gasteiger partial charge in [0, 0.05) is 23.1 Å². The number of carbonyl (C=O) groups excluding carboxylic acids is 1. The summed E-state index contributed by atoms with van der Waals surface area (Å²) in [5.74, 6) is 0.402. The highest BCUT2D eigenvalue weighted by Crippen LogP contribution is 2.47. The molecule has 0 spiro atoms. The lowest BCUT2D eigenvalue weighted by Crippen LogP contribution is -2.19. The van der Waals surface area contributed by atoms with E-state index in [1.807, 2.05) is 6.92 Å². The Morgan fingerprint density at radius 1 is 1.41 bits per heavy atom. The Balaban J connectivity index is 1.67. The van der Waals surface area contributed by atoms with E-state index in [2.05, 4.69) is 14.7 Å². The summed E-state index contributed by atoms with van der Waals surface area (Å²) >= 11 is 0.990. The molecule has 1 atom stereocenters. The van der Waals surface area contributed by atoms with Gasteiger partial charge in [-0.2, -0.15) is 0 Å². The van der Waals surface area contributed by atoms with Crippen LogP contribution in [0, 0.1) is 6.92 Å². The summed E-state index contributed by atoms with van der Waals surface area (Å²) in [4.78, 5) is 21.9. The van der Waals surface area contributed by atoms with Gasteiger partial charge in [0.2, 0.25) is 4.34 Å². The topological polar surface area (TPSA) is 131 Å². The van der Waals surface area contributed by atoms with Gasteiger partial charge in [0.15, 0.2) is 9.92 Å². The molecule has 10 heteroatoms. The number of nitrogens with one attached hydrogen (secondary N) is 1. The first-order valence-electron chi connectivity index (χ1n) is 9.63. The van der Waals surface area contributed by atoms with E-state index in [-0.39, 0.29) is 4.34 Å². The Morgan fingerprint density at radius 3 is 2.76 bits per heavy atom. The van der Waals surface area contributed by atoms with Crippen LogP contribution in [0.2, 0.25) is 0 Å². The second kappa shape index (κ2) is 7.12. The van der Waals surface area contributed by atoms with Gasteiger partial charge in [-0.1, -0.05) is 0 Å². The summed E-state index contributed by atoms with van der Waals surface area (Å²) in [5, 5.41) is 18.8. The fourth-order valence-corrected chi connectivity index (χ4v) is 5.79. The molecule has 0 aliphatic heterocycles. The molecular weight excluding hydrogens is 410 g/mol. The van der Waals surface area contributed by atoms with Crippen LogP contribution < -0.4 is 10.5 Å². The van der Waals surface area contributed by atoms with Gasteiger partial charge in [0.25, 0.3) is 0 Å². The monoisotopic (exact) mass is 435 g/mol. The van der Waals surface area contributed by atoms with Gasteiger partial charge in [-0.05, 0) is 64.4 Å². The standard InChI is InChI=1S/C19H25N5O3S2/c1-10-15(11-7-8-11)16(12-5-4-6-13(12)22-10)23-17(25)24-29(20,27)18-21-9-14(28-18)19(2,3)26/h9,11,26H,4-8H2,1-3H3,(H3,20,22,23,24,25,27). The molecule has 1 fully saturated rings. The zero-order chi connectivity index (χ0) is 21.0. The van der Waals surface area contributed by atoms with E-state index in [1.54, 1.807) is 13.8 Å². The van der Waals surface area contributed by atoms with E-state index in [0.29, 0.717) is 10.8 Å². The molecule has 29 heavy (non-hydrogen) atoms. The third-order valence-electron chi connectivity index (χ3n) is 5.23. The maximum absolute atomic E-state index is 12.9. The highest BCUT2D eigenvalue weighted by Gasteiger charge is 2.33. The molecule has 0 radical (unpaired) electrons. The molecule has 8 nitrogen and oxygen atoms in total. The fraction of sp³-hybridized carbons (Fsp3) is 0.526. The van der Waals surface area contributed by atoms with Crippen LogP contribution in [0.25, 0.3) is 0 Å². The normalized spacial score (nSPS) is 18.2. The van der Waals surface area contributed by atoms with Crippen molar-refractivity contribution in [1.82, 2.24) is 9.97 Å². The van der Waals surface area contributed by atoms with Gasteiger partial charge in [-0.15, -0.1) is 15.7 Å². The van der Waals surface area contributed by atoms with Crippen molar-refractivity contribution in [2.75, 3.05) is 5.32 Å². The highest BCUT2D eigenvalue weighted by molar-refractivity contribution is 7.93. The van der Waals surface area contributed by atoms with Gasteiger partial charge in [0.05, 0.1) is 16.2 Å². The fourth-order valence-electron chi connectivity index (χ4n) is 3.71. The molecule has 0 saturated heterocycles. The van der Waals surface area contributed by atoms with Crippen molar-refractivity contribution in [3.05, 3.63) is 33.6 Å². The molecule has 2 aromatic rings. The molecular formula is C19H25N5O3S2. The van der Waals surface area contributed by atoms with E-state index in [4.69, 9.17) is 10.1 Å². The molecule has 2 amide bonds. The van der Waals surface area contributed by atoms with Crippen molar-refractivity contribution in [1.29, 1.82) is 0 Å². The zero-order valence-corrected chi connectivity index (χ0v) is 18.3. The summed E-state index contributed by atoms with van der Waals surface area (Å²) in [6.07, 6.45) is 6.32. The maximum Gasteiger partial charge on any atom is 0.354 e. The summed E-state index contributed by atoms with van der Waals surface area (Å²) in [6, 6.07) is -0.751. The van der Waals surface area contributed by atoms with E-state index in [9.17, 15) is 14.1 Å². The average Bonchev–Trinajstić information content (AvgIpc) is 3.10. The molecule has 2 heterocycles. The Labute approximate surface area is 174 Å². The second-order valence-electron chi connectivity index (χ2n) is 8.18. The van der Waals surface area contributed by atoms with E-state index < -0.39 is 21.5 Å². The van der Waals surface area contributed by atoms with Crippen LogP contribution in [0.1, 0.15) is 66.4 Å². The molecule has 2 aliphatic rings. The lowest BCUT2D eigenvalue weighted by Gasteiger charge is -2.16. The molecule has 4 rings (SSSR count).